The van der Waals surface area contributed by atoms with Crippen molar-refractivity contribution in [2.45, 2.75) is 25.5 Å². The van der Waals surface area contributed by atoms with Crippen molar-refractivity contribution in [2.75, 3.05) is 6.54 Å². The standard InChI is InChI=1S/C13H15NO3S/c15-9-12-7-4-8-14(12)18-13(16)17-10-11-5-2-1-3-6-11/h1-3,5-6,9,12H,4,7-8,10H2/t12-/m0/s1. The van der Waals surface area contributed by atoms with E-state index < -0.39 is 0 Å². The van der Waals surface area contributed by atoms with E-state index in [1.165, 1.54) is 0 Å². The summed E-state index contributed by atoms with van der Waals surface area (Å²) in [6.07, 6.45) is 2.66. The smallest absolute Gasteiger partial charge is 0.383 e. The van der Waals surface area contributed by atoms with Gasteiger partial charge in [0.2, 0.25) is 0 Å². The minimum absolute atomic E-state index is 0.153. The Morgan fingerprint density at radius 3 is 2.94 bits per heavy atom. The number of carbonyl (C=O) groups is 2. The van der Waals surface area contributed by atoms with E-state index in [0.717, 1.165) is 43.2 Å². The van der Waals surface area contributed by atoms with Gasteiger partial charge in [-0.25, -0.2) is 9.10 Å². The van der Waals surface area contributed by atoms with Crippen molar-refractivity contribution < 1.29 is 14.3 Å². The van der Waals surface area contributed by atoms with Crippen molar-refractivity contribution in [3.63, 3.8) is 0 Å². The second-order valence-electron chi connectivity index (χ2n) is 4.10. The molecule has 0 N–H and O–H groups in total. The van der Waals surface area contributed by atoms with Crippen LogP contribution in [0.25, 0.3) is 0 Å². The van der Waals surface area contributed by atoms with E-state index in [1.807, 2.05) is 30.3 Å². The maximum absolute atomic E-state index is 11.6. The summed E-state index contributed by atoms with van der Waals surface area (Å²) in [7, 11) is 0. The van der Waals surface area contributed by atoms with E-state index in [4.69, 9.17) is 4.74 Å². The van der Waals surface area contributed by atoms with Crippen LogP contribution >= 0.6 is 11.9 Å². The molecule has 1 aliphatic heterocycles. The Morgan fingerprint density at radius 2 is 2.22 bits per heavy atom. The first-order valence-corrected chi connectivity index (χ1v) is 6.67. The van der Waals surface area contributed by atoms with Gasteiger partial charge in [-0.05, 0) is 18.4 Å². The van der Waals surface area contributed by atoms with E-state index in [-0.39, 0.29) is 18.0 Å². The molecule has 1 saturated heterocycles. The van der Waals surface area contributed by atoms with Gasteiger partial charge in [-0.2, -0.15) is 0 Å². The van der Waals surface area contributed by atoms with Crippen LogP contribution in [-0.4, -0.2) is 28.5 Å². The van der Waals surface area contributed by atoms with Gasteiger partial charge in [0.1, 0.15) is 12.9 Å². The predicted molar refractivity (Wildman–Crippen MR) is 70.0 cm³/mol. The van der Waals surface area contributed by atoms with E-state index in [9.17, 15) is 9.59 Å². The van der Waals surface area contributed by atoms with Crippen LogP contribution in [0.2, 0.25) is 0 Å². The van der Waals surface area contributed by atoms with Crippen LogP contribution in [0.5, 0.6) is 0 Å². The third-order valence-corrected chi connectivity index (χ3v) is 3.75. The van der Waals surface area contributed by atoms with Crippen molar-refractivity contribution >= 4 is 23.5 Å². The summed E-state index contributed by atoms with van der Waals surface area (Å²) >= 11 is 1.00. The van der Waals surface area contributed by atoms with Crippen LogP contribution in [-0.2, 0) is 16.1 Å². The van der Waals surface area contributed by atoms with Gasteiger partial charge in [0.25, 0.3) is 0 Å². The Balaban J connectivity index is 1.77. The third-order valence-electron chi connectivity index (χ3n) is 2.80. The summed E-state index contributed by atoms with van der Waals surface area (Å²) in [5, 5.41) is -0.354. The maximum atomic E-state index is 11.6. The number of hydrogen-bond donors (Lipinski definition) is 0. The molecule has 5 heteroatoms. The number of nitrogens with zero attached hydrogens (tertiary/aromatic N) is 1. The topological polar surface area (TPSA) is 46.6 Å². The molecule has 18 heavy (non-hydrogen) atoms. The number of hydrogen-bond acceptors (Lipinski definition) is 5. The molecule has 0 amide bonds. The first-order valence-electron chi connectivity index (χ1n) is 5.90. The first kappa shape index (κ1) is 13.1. The lowest BCUT2D eigenvalue weighted by molar-refractivity contribution is -0.110. The largest absolute Gasteiger partial charge is 0.452 e. The van der Waals surface area contributed by atoms with Gasteiger partial charge in [0, 0.05) is 18.5 Å². The lowest BCUT2D eigenvalue weighted by Gasteiger charge is -2.16. The predicted octanol–water partition coefficient (Wildman–Crippen LogP) is 2.63. The van der Waals surface area contributed by atoms with Crippen LogP contribution in [0.15, 0.2) is 30.3 Å². The zero-order chi connectivity index (χ0) is 12.8. The van der Waals surface area contributed by atoms with Crippen molar-refractivity contribution in [1.82, 2.24) is 4.31 Å². The molecule has 1 atom stereocenters. The fourth-order valence-electron chi connectivity index (χ4n) is 1.85. The van der Waals surface area contributed by atoms with Gasteiger partial charge in [-0.3, -0.25) is 0 Å². The quantitative estimate of drug-likeness (QED) is 0.476. The van der Waals surface area contributed by atoms with Gasteiger partial charge in [-0.15, -0.1) is 0 Å². The van der Waals surface area contributed by atoms with Crippen LogP contribution < -0.4 is 0 Å². The Morgan fingerprint density at radius 1 is 1.44 bits per heavy atom. The molecule has 0 spiro atoms. The Hall–Kier alpha value is -1.33. The number of carbonyl (C=O) groups excluding carboxylic acids is 2. The minimum atomic E-state index is -0.354. The van der Waals surface area contributed by atoms with E-state index in [1.54, 1.807) is 4.31 Å². The fourth-order valence-corrected chi connectivity index (χ4v) is 2.67. The fraction of sp³-hybridized carbons (Fsp3) is 0.385. The van der Waals surface area contributed by atoms with Gasteiger partial charge in [-0.1, -0.05) is 30.3 Å². The highest BCUT2D eigenvalue weighted by Crippen LogP contribution is 2.25. The lowest BCUT2D eigenvalue weighted by Crippen LogP contribution is -2.25. The summed E-state index contributed by atoms with van der Waals surface area (Å²) in [6.45, 7) is 1.03. The molecular weight excluding hydrogens is 250 g/mol. The average molecular weight is 265 g/mol. The minimum Gasteiger partial charge on any atom is -0.452 e. The lowest BCUT2D eigenvalue weighted by atomic mass is 10.2. The highest BCUT2D eigenvalue weighted by molar-refractivity contribution is 8.11. The van der Waals surface area contributed by atoms with Gasteiger partial charge in [0.15, 0.2) is 0 Å². The molecule has 0 aliphatic carbocycles. The van der Waals surface area contributed by atoms with Crippen molar-refractivity contribution in [3.8, 4) is 0 Å². The van der Waals surface area contributed by atoms with Crippen LogP contribution in [0, 0.1) is 0 Å². The van der Waals surface area contributed by atoms with Gasteiger partial charge < -0.3 is 9.53 Å². The SMILES string of the molecule is O=C[C@@H]1CCCN1SC(=O)OCc1ccccc1. The molecule has 0 radical (unpaired) electrons. The summed E-state index contributed by atoms with van der Waals surface area (Å²) in [4.78, 5) is 22.4. The molecule has 1 aromatic carbocycles. The molecule has 1 aliphatic rings. The monoisotopic (exact) mass is 265 g/mol. The third kappa shape index (κ3) is 3.58. The van der Waals surface area contributed by atoms with Crippen LogP contribution in [0.3, 0.4) is 0 Å². The summed E-state index contributed by atoms with van der Waals surface area (Å²) < 4.78 is 6.94. The molecule has 2 rings (SSSR count). The van der Waals surface area contributed by atoms with E-state index in [0.29, 0.717) is 0 Å². The van der Waals surface area contributed by atoms with Crippen molar-refractivity contribution in [3.05, 3.63) is 35.9 Å². The maximum Gasteiger partial charge on any atom is 0.383 e. The molecule has 1 heterocycles. The van der Waals surface area contributed by atoms with E-state index in [2.05, 4.69) is 0 Å². The summed E-state index contributed by atoms with van der Waals surface area (Å²) in [5.74, 6) is 0. The highest BCUT2D eigenvalue weighted by atomic mass is 32.2. The molecular formula is C13H15NO3S. The summed E-state index contributed by atoms with van der Waals surface area (Å²) in [5.41, 5.74) is 0.958. The molecule has 0 bridgehead atoms. The zero-order valence-electron chi connectivity index (χ0n) is 9.95. The molecule has 0 aromatic heterocycles. The van der Waals surface area contributed by atoms with Crippen LogP contribution in [0.4, 0.5) is 4.79 Å². The second kappa shape index (κ2) is 6.56. The Kier molecular flexibility index (Phi) is 4.78. The molecule has 0 unspecified atom stereocenters. The van der Waals surface area contributed by atoms with Crippen molar-refractivity contribution in [1.29, 1.82) is 0 Å². The molecule has 1 aromatic rings. The first-order chi connectivity index (χ1) is 8.79. The normalized spacial score (nSPS) is 19.7. The van der Waals surface area contributed by atoms with Crippen molar-refractivity contribution in [2.24, 2.45) is 0 Å². The molecule has 96 valence electrons. The van der Waals surface area contributed by atoms with Gasteiger partial charge in [0.05, 0.1) is 6.04 Å². The van der Waals surface area contributed by atoms with Gasteiger partial charge >= 0.3 is 5.30 Å². The Bertz CT molecular complexity index is 410. The zero-order valence-corrected chi connectivity index (χ0v) is 10.8. The number of aldehydes is 1. The molecule has 4 nitrogen and oxygen atoms in total. The average Bonchev–Trinajstić information content (AvgIpc) is 2.85. The molecule has 1 fully saturated rings. The molecule has 0 saturated carbocycles. The second-order valence-corrected chi connectivity index (χ2v) is 5.09. The number of rotatable bonds is 4. The summed E-state index contributed by atoms with van der Waals surface area (Å²) in [6, 6.07) is 9.38. The Labute approximate surface area is 110 Å². The van der Waals surface area contributed by atoms with E-state index >= 15 is 0 Å². The number of benzene rings is 1. The van der Waals surface area contributed by atoms with Crippen LogP contribution in [0.1, 0.15) is 18.4 Å². The highest BCUT2D eigenvalue weighted by Gasteiger charge is 2.27. The number of ether oxygens (including phenoxy) is 1.